The van der Waals surface area contributed by atoms with Crippen LogP contribution in [0.4, 0.5) is 5.13 Å². The van der Waals surface area contributed by atoms with Gasteiger partial charge in [-0.05, 0) is 19.4 Å². The standard InChI is InChI=1S/C13H11Cl2N5OS/c1-3-9-18-19-13(22-9)17-12(21)10-6(2)16-11-8(15)4-7(14)5-20(10)11/h4-5H,3H2,1-2H3,(H,17,19,21). The zero-order valence-corrected chi connectivity index (χ0v) is 14.1. The molecule has 0 saturated carbocycles. The van der Waals surface area contributed by atoms with Gasteiger partial charge in [-0.25, -0.2) is 4.98 Å². The van der Waals surface area contributed by atoms with Crippen LogP contribution < -0.4 is 5.32 Å². The summed E-state index contributed by atoms with van der Waals surface area (Å²) < 4.78 is 1.58. The van der Waals surface area contributed by atoms with Crippen LogP contribution in [-0.2, 0) is 6.42 Å². The van der Waals surface area contributed by atoms with Crippen molar-refractivity contribution in [3.8, 4) is 0 Å². The summed E-state index contributed by atoms with van der Waals surface area (Å²) in [6.45, 7) is 3.72. The Bertz CT molecular complexity index is 873. The highest BCUT2D eigenvalue weighted by molar-refractivity contribution is 7.15. The summed E-state index contributed by atoms with van der Waals surface area (Å²) in [4.78, 5) is 16.8. The molecule has 0 fully saturated rings. The minimum atomic E-state index is -0.331. The van der Waals surface area contributed by atoms with Crippen molar-refractivity contribution in [1.82, 2.24) is 19.6 Å². The smallest absolute Gasteiger partial charge is 0.276 e. The first-order chi connectivity index (χ1) is 10.5. The number of hydrogen-bond donors (Lipinski definition) is 1. The third kappa shape index (κ3) is 2.67. The topological polar surface area (TPSA) is 72.2 Å². The van der Waals surface area contributed by atoms with E-state index in [4.69, 9.17) is 23.2 Å². The number of aromatic nitrogens is 4. The van der Waals surface area contributed by atoms with Gasteiger partial charge in [-0.3, -0.25) is 14.5 Å². The number of nitrogens with zero attached hydrogens (tertiary/aromatic N) is 4. The predicted molar refractivity (Wildman–Crippen MR) is 87.2 cm³/mol. The average Bonchev–Trinajstić information content (AvgIpc) is 3.02. The highest BCUT2D eigenvalue weighted by Crippen LogP contribution is 2.25. The summed E-state index contributed by atoms with van der Waals surface area (Å²) >= 11 is 13.5. The first kappa shape index (κ1) is 15.2. The molecule has 3 aromatic rings. The van der Waals surface area contributed by atoms with Crippen LogP contribution in [0.5, 0.6) is 0 Å². The summed E-state index contributed by atoms with van der Waals surface area (Å²) in [7, 11) is 0. The number of anilines is 1. The number of aryl methyl sites for hydroxylation is 2. The lowest BCUT2D eigenvalue weighted by Gasteiger charge is -2.04. The average molecular weight is 356 g/mol. The Labute approximate surface area is 140 Å². The molecule has 1 amide bonds. The second kappa shape index (κ2) is 5.83. The molecule has 3 aromatic heterocycles. The van der Waals surface area contributed by atoms with Gasteiger partial charge >= 0.3 is 0 Å². The van der Waals surface area contributed by atoms with E-state index in [0.29, 0.717) is 32.2 Å². The fourth-order valence-electron chi connectivity index (χ4n) is 2.06. The number of imidazole rings is 1. The SMILES string of the molecule is CCc1nnc(NC(=O)c2c(C)nc3c(Cl)cc(Cl)cn23)s1. The van der Waals surface area contributed by atoms with Crippen molar-refractivity contribution >= 4 is 51.2 Å². The molecule has 6 nitrogen and oxygen atoms in total. The molecule has 0 saturated heterocycles. The fourth-order valence-corrected chi connectivity index (χ4v) is 3.25. The zero-order valence-electron chi connectivity index (χ0n) is 11.7. The van der Waals surface area contributed by atoms with Gasteiger partial charge in [0.15, 0.2) is 5.65 Å². The number of fused-ring (bicyclic) bond motifs is 1. The van der Waals surface area contributed by atoms with E-state index >= 15 is 0 Å². The molecule has 3 heterocycles. The molecule has 0 aliphatic carbocycles. The third-order valence-electron chi connectivity index (χ3n) is 3.02. The van der Waals surface area contributed by atoms with Gasteiger partial charge in [0.05, 0.1) is 15.7 Å². The molecule has 0 aliphatic heterocycles. The van der Waals surface area contributed by atoms with Crippen molar-refractivity contribution in [2.75, 3.05) is 5.32 Å². The number of amides is 1. The highest BCUT2D eigenvalue weighted by Gasteiger charge is 2.20. The fraction of sp³-hybridized carbons (Fsp3) is 0.231. The summed E-state index contributed by atoms with van der Waals surface area (Å²) in [5.41, 5.74) is 1.41. The minimum absolute atomic E-state index is 0.331. The molecule has 0 spiro atoms. The molecule has 1 N–H and O–H groups in total. The lowest BCUT2D eigenvalue weighted by Crippen LogP contribution is -2.15. The van der Waals surface area contributed by atoms with Crippen molar-refractivity contribution in [1.29, 1.82) is 0 Å². The Hall–Kier alpha value is -1.70. The van der Waals surface area contributed by atoms with E-state index < -0.39 is 0 Å². The van der Waals surface area contributed by atoms with Crippen LogP contribution >= 0.6 is 34.5 Å². The molecule has 0 bridgehead atoms. The van der Waals surface area contributed by atoms with Gasteiger partial charge in [-0.1, -0.05) is 41.5 Å². The number of hydrogen-bond acceptors (Lipinski definition) is 5. The number of halogens is 2. The van der Waals surface area contributed by atoms with Gasteiger partial charge < -0.3 is 0 Å². The van der Waals surface area contributed by atoms with Crippen LogP contribution in [-0.4, -0.2) is 25.5 Å². The minimum Gasteiger partial charge on any atom is -0.295 e. The van der Waals surface area contributed by atoms with Gasteiger partial charge in [-0.2, -0.15) is 0 Å². The van der Waals surface area contributed by atoms with Crippen molar-refractivity contribution in [3.05, 3.63) is 38.7 Å². The Morgan fingerprint density at radius 2 is 2.18 bits per heavy atom. The Kier molecular flexibility index (Phi) is 4.03. The lowest BCUT2D eigenvalue weighted by atomic mass is 10.3. The lowest BCUT2D eigenvalue weighted by molar-refractivity contribution is 0.102. The summed E-state index contributed by atoms with van der Waals surface area (Å²) in [6, 6.07) is 1.59. The van der Waals surface area contributed by atoms with Gasteiger partial charge in [0.1, 0.15) is 10.7 Å². The van der Waals surface area contributed by atoms with E-state index in [9.17, 15) is 4.79 Å². The Morgan fingerprint density at radius 1 is 1.41 bits per heavy atom. The van der Waals surface area contributed by atoms with E-state index in [1.54, 1.807) is 23.6 Å². The molecule has 0 atom stereocenters. The molecule has 3 rings (SSSR count). The van der Waals surface area contributed by atoms with E-state index in [-0.39, 0.29) is 5.91 Å². The molecule has 114 valence electrons. The molecule has 22 heavy (non-hydrogen) atoms. The van der Waals surface area contributed by atoms with Crippen LogP contribution in [0, 0.1) is 6.92 Å². The van der Waals surface area contributed by atoms with E-state index in [1.165, 1.54) is 11.3 Å². The van der Waals surface area contributed by atoms with Crippen LogP contribution in [0.1, 0.15) is 28.1 Å². The second-order valence-electron chi connectivity index (χ2n) is 4.55. The van der Waals surface area contributed by atoms with Crippen LogP contribution in [0.25, 0.3) is 5.65 Å². The summed E-state index contributed by atoms with van der Waals surface area (Å²) in [5, 5.41) is 12.8. The maximum absolute atomic E-state index is 12.5. The molecule has 0 unspecified atom stereocenters. The highest BCUT2D eigenvalue weighted by atomic mass is 35.5. The molecule has 0 aliphatic rings. The van der Waals surface area contributed by atoms with Gasteiger partial charge in [0, 0.05) is 6.20 Å². The third-order valence-corrected chi connectivity index (χ3v) is 4.49. The van der Waals surface area contributed by atoms with Gasteiger partial charge in [0.2, 0.25) is 5.13 Å². The summed E-state index contributed by atoms with van der Waals surface area (Å²) in [6.07, 6.45) is 2.38. The molecule has 0 radical (unpaired) electrons. The van der Waals surface area contributed by atoms with Crippen LogP contribution in [0.3, 0.4) is 0 Å². The predicted octanol–water partition coefficient (Wildman–Crippen LogP) is 3.62. The number of rotatable bonds is 3. The quantitative estimate of drug-likeness (QED) is 0.778. The number of carbonyl (C=O) groups is 1. The monoisotopic (exact) mass is 355 g/mol. The van der Waals surface area contributed by atoms with Gasteiger partial charge in [-0.15, -0.1) is 10.2 Å². The molecular weight excluding hydrogens is 345 g/mol. The summed E-state index contributed by atoms with van der Waals surface area (Å²) in [5.74, 6) is -0.331. The normalized spacial score (nSPS) is 11.1. The van der Waals surface area contributed by atoms with Crippen LogP contribution in [0.15, 0.2) is 12.3 Å². The van der Waals surface area contributed by atoms with E-state index in [1.807, 2.05) is 6.92 Å². The van der Waals surface area contributed by atoms with Crippen molar-refractivity contribution in [2.45, 2.75) is 20.3 Å². The van der Waals surface area contributed by atoms with E-state index in [0.717, 1.165) is 11.4 Å². The maximum atomic E-state index is 12.5. The Balaban J connectivity index is 2.01. The van der Waals surface area contributed by atoms with Crippen molar-refractivity contribution < 1.29 is 4.79 Å². The molecule has 9 heteroatoms. The Morgan fingerprint density at radius 3 is 2.86 bits per heavy atom. The van der Waals surface area contributed by atoms with Gasteiger partial charge in [0.25, 0.3) is 5.91 Å². The van der Waals surface area contributed by atoms with Crippen molar-refractivity contribution in [3.63, 3.8) is 0 Å². The number of carbonyl (C=O) groups excluding carboxylic acids is 1. The van der Waals surface area contributed by atoms with E-state index in [2.05, 4.69) is 20.5 Å². The number of nitrogens with one attached hydrogen (secondary N) is 1. The zero-order chi connectivity index (χ0) is 15.9. The first-order valence-electron chi connectivity index (χ1n) is 6.47. The number of pyridine rings is 1. The molecule has 0 aromatic carbocycles. The van der Waals surface area contributed by atoms with Crippen LogP contribution in [0.2, 0.25) is 10.0 Å². The van der Waals surface area contributed by atoms with Crippen molar-refractivity contribution in [2.24, 2.45) is 0 Å². The largest absolute Gasteiger partial charge is 0.295 e. The first-order valence-corrected chi connectivity index (χ1v) is 8.04. The second-order valence-corrected chi connectivity index (χ2v) is 6.46. The molecular formula is C13H11Cl2N5OS. The maximum Gasteiger partial charge on any atom is 0.276 e.